The second-order valence-electron chi connectivity index (χ2n) is 5.82. The fourth-order valence-electron chi connectivity index (χ4n) is 2.64. The Labute approximate surface area is 152 Å². The molecule has 1 amide bonds. The molecule has 0 aliphatic rings. The van der Waals surface area contributed by atoms with Crippen LogP contribution in [0, 0.1) is 5.82 Å². The molecule has 9 heteroatoms. The van der Waals surface area contributed by atoms with E-state index in [1.807, 2.05) is 0 Å². The van der Waals surface area contributed by atoms with Crippen molar-refractivity contribution in [1.29, 1.82) is 0 Å². The van der Waals surface area contributed by atoms with Gasteiger partial charge in [-0.05, 0) is 36.2 Å². The van der Waals surface area contributed by atoms with Gasteiger partial charge in [0, 0.05) is 12.6 Å². The Morgan fingerprint density at radius 2 is 2.11 bits per heavy atom. The van der Waals surface area contributed by atoms with Gasteiger partial charge in [0.1, 0.15) is 11.5 Å². The summed E-state index contributed by atoms with van der Waals surface area (Å²) in [6.45, 7) is 0.333. The van der Waals surface area contributed by atoms with Crippen molar-refractivity contribution in [3.05, 3.63) is 65.8 Å². The standard InChI is InChI=1S/C18H15FN6O2/c19-12-4-1-3-11(9-12)6-7-21-17(26)13-10-15-23-16(14-5-2-8-27-14)24-25(15)18(20)22-13/h1-5,8-10H,6-7H2,(H2,20,22)(H,21,26). The molecule has 0 spiro atoms. The summed E-state index contributed by atoms with van der Waals surface area (Å²) in [4.78, 5) is 20.7. The van der Waals surface area contributed by atoms with Gasteiger partial charge in [0.05, 0.1) is 6.26 Å². The van der Waals surface area contributed by atoms with Gasteiger partial charge >= 0.3 is 0 Å². The number of nitrogens with zero attached hydrogens (tertiary/aromatic N) is 4. The van der Waals surface area contributed by atoms with Crippen LogP contribution in [0.5, 0.6) is 0 Å². The first-order valence-corrected chi connectivity index (χ1v) is 8.20. The number of benzene rings is 1. The zero-order valence-electron chi connectivity index (χ0n) is 14.1. The van der Waals surface area contributed by atoms with Crippen molar-refractivity contribution < 1.29 is 13.6 Å². The fraction of sp³-hybridized carbons (Fsp3) is 0.111. The number of rotatable bonds is 5. The van der Waals surface area contributed by atoms with E-state index in [-0.39, 0.29) is 17.5 Å². The average Bonchev–Trinajstić information content (AvgIpc) is 3.31. The Morgan fingerprint density at radius 1 is 1.22 bits per heavy atom. The van der Waals surface area contributed by atoms with Gasteiger partial charge in [-0.2, -0.15) is 4.52 Å². The summed E-state index contributed by atoms with van der Waals surface area (Å²) in [5.74, 6) is 0.158. The number of fused-ring (bicyclic) bond motifs is 1. The van der Waals surface area contributed by atoms with Crippen molar-refractivity contribution in [2.45, 2.75) is 6.42 Å². The predicted octanol–water partition coefficient (Wildman–Crippen LogP) is 2.08. The maximum Gasteiger partial charge on any atom is 0.270 e. The normalized spacial score (nSPS) is 11.0. The molecule has 3 heterocycles. The average molecular weight is 366 g/mol. The van der Waals surface area contributed by atoms with Crippen molar-refractivity contribution >= 4 is 17.5 Å². The van der Waals surface area contributed by atoms with Crippen LogP contribution < -0.4 is 11.1 Å². The van der Waals surface area contributed by atoms with E-state index in [0.717, 1.165) is 5.56 Å². The number of nitrogens with one attached hydrogen (secondary N) is 1. The minimum Gasteiger partial charge on any atom is -0.461 e. The van der Waals surface area contributed by atoms with Crippen molar-refractivity contribution in [1.82, 2.24) is 24.9 Å². The van der Waals surface area contributed by atoms with E-state index >= 15 is 0 Å². The largest absolute Gasteiger partial charge is 0.461 e. The van der Waals surface area contributed by atoms with Crippen LogP contribution in [0.25, 0.3) is 17.2 Å². The van der Waals surface area contributed by atoms with Crippen LogP contribution in [0.2, 0.25) is 0 Å². The van der Waals surface area contributed by atoms with Crippen molar-refractivity contribution in [3.63, 3.8) is 0 Å². The highest BCUT2D eigenvalue weighted by atomic mass is 19.1. The van der Waals surface area contributed by atoms with E-state index < -0.39 is 5.91 Å². The Balaban J connectivity index is 1.50. The lowest BCUT2D eigenvalue weighted by molar-refractivity contribution is 0.0949. The van der Waals surface area contributed by atoms with E-state index in [9.17, 15) is 9.18 Å². The molecule has 0 fully saturated rings. The number of furan rings is 1. The first-order chi connectivity index (χ1) is 13.1. The molecule has 3 aromatic heterocycles. The summed E-state index contributed by atoms with van der Waals surface area (Å²) in [6.07, 6.45) is 2.01. The zero-order valence-corrected chi connectivity index (χ0v) is 14.1. The van der Waals surface area contributed by atoms with Gasteiger partial charge in [-0.15, -0.1) is 5.10 Å². The number of hydrogen-bond acceptors (Lipinski definition) is 6. The first kappa shape index (κ1) is 16.7. The number of aromatic nitrogens is 4. The molecule has 4 rings (SSSR count). The Kier molecular flexibility index (Phi) is 4.25. The number of nitrogen functional groups attached to an aromatic ring is 1. The summed E-state index contributed by atoms with van der Waals surface area (Å²) in [6, 6.07) is 11.2. The van der Waals surface area contributed by atoms with E-state index in [1.165, 1.54) is 29.0 Å². The third-order valence-electron chi connectivity index (χ3n) is 3.91. The summed E-state index contributed by atoms with van der Waals surface area (Å²) in [7, 11) is 0. The minimum atomic E-state index is -0.400. The molecular weight excluding hydrogens is 351 g/mol. The topological polar surface area (TPSA) is 111 Å². The molecule has 3 N–H and O–H groups in total. The molecule has 0 radical (unpaired) electrons. The fourth-order valence-corrected chi connectivity index (χ4v) is 2.64. The molecular formula is C18H15FN6O2. The van der Waals surface area contributed by atoms with Gasteiger partial charge in [0.15, 0.2) is 11.4 Å². The first-order valence-electron chi connectivity index (χ1n) is 8.20. The monoisotopic (exact) mass is 366 g/mol. The molecule has 0 aliphatic carbocycles. The lowest BCUT2D eigenvalue weighted by Crippen LogP contribution is -2.27. The van der Waals surface area contributed by atoms with E-state index in [0.29, 0.717) is 30.2 Å². The summed E-state index contributed by atoms with van der Waals surface area (Å²) in [5.41, 5.74) is 7.19. The van der Waals surface area contributed by atoms with Crippen molar-refractivity contribution in [2.75, 3.05) is 12.3 Å². The number of anilines is 1. The van der Waals surface area contributed by atoms with Gasteiger partial charge in [0.25, 0.3) is 5.91 Å². The lowest BCUT2D eigenvalue weighted by atomic mass is 10.1. The third kappa shape index (κ3) is 3.47. The summed E-state index contributed by atoms with van der Waals surface area (Å²) < 4.78 is 19.8. The second kappa shape index (κ2) is 6.87. The molecule has 0 unspecified atom stereocenters. The maximum absolute atomic E-state index is 13.2. The van der Waals surface area contributed by atoms with Gasteiger partial charge < -0.3 is 15.5 Å². The van der Waals surface area contributed by atoms with E-state index in [2.05, 4.69) is 20.4 Å². The predicted molar refractivity (Wildman–Crippen MR) is 95.3 cm³/mol. The number of nitrogens with two attached hydrogens (primary N) is 1. The molecule has 0 saturated carbocycles. The van der Waals surface area contributed by atoms with Crippen LogP contribution >= 0.6 is 0 Å². The Bertz CT molecular complexity index is 1110. The molecule has 1 aromatic carbocycles. The summed E-state index contributed by atoms with van der Waals surface area (Å²) in [5, 5.41) is 6.96. The zero-order chi connectivity index (χ0) is 18.8. The summed E-state index contributed by atoms with van der Waals surface area (Å²) >= 11 is 0. The number of hydrogen-bond donors (Lipinski definition) is 2. The number of carbonyl (C=O) groups is 1. The van der Waals surface area contributed by atoms with Gasteiger partial charge in [0.2, 0.25) is 11.8 Å². The van der Waals surface area contributed by atoms with Gasteiger partial charge in [-0.1, -0.05) is 12.1 Å². The highest BCUT2D eigenvalue weighted by Crippen LogP contribution is 2.18. The molecule has 0 bridgehead atoms. The molecule has 4 aromatic rings. The molecule has 136 valence electrons. The molecule has 0 saturated heterocycles. The van der Waals surface area contributed by atoms with Crippen LogP contribution in [0.1, 0.15) is 16.1 Å². The van der Waals surface area contributed by atoms with Crippen LogP contribution in [0.15, 0.2) is 53.1 Å². The van der Waals surface area contributed by atoms with Crippen molar-refractivity contribution in [2.24, 2.45) is 0 Å². The minimum absolute atomic E-state index is 0.0353. The highest BCUT2D eigenvalue weighted by molar-refractivity contribution is 5.93. The van der Waals surface area contributed by atoms with Gasteiger partial charge in [-0.3, -0.25) is 4.79 Å². The lowest BCUT2D eigenvalue weighted by Gasteiger charge is -2.06. The SMILES string of the molecule is Nc1nc(C(=O)NCCc2cccc(F)c2)cc2nc(-c3ccco3)nn12. The quantitative estimate of drug-likeness (QED) is 0.559. The number of halogens is 1. The van der Waals surface area contributed by atoms with Crippen LogP contribution in [-0.2, 0) is 6.42 Å². The molecule has 8 nitrogen and oxygen atoms in total. The molecule has 27 heavy (non-hydrogen) atoms. The van der Waals surface area contributed by atoms with Crippen LogP contribution in [0.3, 0.4) is 0 Å². The molecule has 0 atom stereocenters. The smallest absolute Gasteiger partial charge is 0.270 e. The maximum atomic E-state index is 13.2. The number of carbonyl (C=O) groups excluding carboxylic acids is 1. The van der Waals surface area contributed by atoms with Crippen LogP contribution in [-0.4, -0.2) is 32.0 Å². The van der Waals surface area contributed by atoms with E-state index in [1.54, 1.807) is 24.3 Å². The third-order valence-corrected chi connectivity index (χ3v) is 3.91. The Morgan fingerprint density at radius 3 is 2.89 bits per heavy atom. The van der Waals surface area contributed by atoms with E-state index in [4.69, 9.17) is 10.2 Å². The van der Waals surface area contributed by atoms with Gasteiger partial charge in [-0.25, -0.2) is 14.4 Å². The Hall–Kier alpha value is -3.75. The molecule has 0 aliphatic heterocycles. The number of amides is 1. The highest BCUT2D eigenvalue weighted by Gasteiger charge is 2.15. The second-order valence-corrected chi connectivity index (χ2v) is 5.82. The van der Waals surface area contributed by atoms with Crippen molar-refractivity contribution in [3.8, 4) is 11.6 Å². The van der Waals surface area contributed by atoms with Crippen LogP contribution in [0.4, 0.5) is 10.3 Å².